The van der Waals surface area contributed by atoms with Gasteiger partial charge in [0.1, 0.15) is 23.7 Å². The summed E-state index contributed by atoms with van der Waals surface area (Å²) in [5.74, 6) is -5.81. The molecule has 18 heteroatoms. The fourth-order valence-corrected chi connectivity index (χ4v) is 12.6. The molecule has 0 aliphatic carbocycles. The molecule has 430 valence electrons. The number of ether oxygens (including phenoxy) is 6. The Bertz CT molecular complexity index is 2200. The Hall–Kier alpha value is -2.16. The topological polar surface area (TPSA) is 185 Å². The second-order valence-corrected chi connectivity index (χ2v) is 22.8. The van der Waals surface area contributed by atoms with Crippen molar-refractivity contribution in [2.24, 2.45) is 41.4 Å². The van der Waals surface area contributed by atoms with Gasteiger partial charge in [0.15, 0.2) is 5.79 Å². The summed E-state index contributed by atoms with van der Waals surface area (Å²) >= 11 is 0. The number of rotatable bonds is 18. The van der Waals surface area contributed by atoms with Gasteiger partial charge in [0.05, 0.1) is 53.4 Å². The molecule has 5 heterocycles. The third-order valence-electron chi connectivity index (χ3n) is 17.7. The van der Waals surface area contributed by atoms with E-state index < -0.39 is 94.7 Å². The quantitative estimate of drug-likeness (QED) is 0.0913. The van der Waals surface area contributed by atoms with Gasteiger partial charge in [0.2, 0.25) is 5.79 Å². The van der Waals surface area contributed by atoms with Crippen LogP contribution in [0.1, 0.15) is 157 Å². The Labute approximate surface area is 484 Å². The Morgan fingerprint density at radius 1 is 0.883 bits per heavy atom. The molecule has 0 amide bonds. The molecule has 4 N–H and O–H groups in total. The SMILES string of the molecule is CCC(C(=O)[O-])C1CCC(C)C(C(C)C(O)C(C)C(=O)C(CC)C2OC3(C=CC(O)C4(CCC(C)(C5CCC(O)(CC)C(C)O5)O4)O3)C(C)CC2C)O1.CNCCC(Oc1ccc(C(F)(F)F)cc1)c1ccccc1.Cl.[Na+]. The van der Waals surface area contributed by atoms with Crippen LogP contribution in [0.3, 0.4) is 0 Å². The third-order valence-corrected chi connectivity index (χ3v) is 17.7. The van der Waals surface area contributed by atoms with Crippen molar-refractivity contribution in [1.29, 1.82) is 0 Å². The second kappa shape index (κ2) is 28.2. The van der Waals surface area contributed by atoms with Crippen LogP contribution in [0.25, 0.3) is 0 Å². The zero-order chi connectivity index (χ0) is 55.3. The number of carboxylic acids is 1. The van der Waals surface area contributed by atoms with E-state index in [2.05, 4.69) is 26.1 Å². The number of halogens is 4. The average molecular weight is 1120 g/mol. The average Bonchev–Trinajstić information content (AvgIpc) is 3.73. The molecule has 2 aromatic carbocycles. The van der Waals surface area contributed by atoms with Crippen LogP contribution in [0, 0.1) is 41.4 Å². The number of aliphatic hydroxyl groups excluding tert-OH is 2. The first-order valence-corrected chi connectivity index (χ1v) is 27.8. The normalized spacial score (nSPS) is 35.5. The zero-order valence-electron chi connectivity index (χ0n) is 47.6. The number of hydrogen-bond acceptors (Lipinski definition) is 13. The molecule has 4 saturated heterocycles. The molecular weight excluding hydrogens is 1030 g/mol. The van der Waals surface area contributed by atoms with Crippen LogP contribution in [0.15, 0.2) is 66.7 Å². The van der Waals surface area contributed by atoms with Crippen molar-refractivity contribution in [3.8, 4) is 5.75 Å². The molecule has 0 saturated carbocycles. The van der Waals surface area contributed by atoms with E-state index >= 15 is 0 Å². The number of nitrogens with one attached hydrogen (secondary N) is 1. The number of ketones is 1. The van der Waals surface area contributed by atoms with Crippen LogP contribution in [-0.4, -0.2) is 106 Å². The number of aliphatic hydroxyl groups is 3. The zero-order valence-corrected chi connectivity index (χ0v) is 50.4. The summed E-state index contributed by atoms with van der Waals surface area (Å²) in [7, 11) is 1.85. The Morgan fingerprint density at radius 3 is 2.10 bits per heavy atom. The van der Waals surface area contributed by atoms with Gasteiger partial charge in [-0.1, -0.05) is 85.7 Å². The first-order chi connectivity index (χ1) is 35.3. The summed E-state index contributed by atoms with van der Waals surface area (Å²) in [6, 6.07) is 14.4. The van der Waals surface area contributed by atoms with Crippen LogP contribution >= 0.6 is 12.4 Å². The maximum absolute atomic E-state index is 14.4. The monoisotopic (exact) mass is 1120 g/mol. The molecule has 19 atom stereocenters. The van der Waals surface area contributed by atoms with E-state index in [9.17, 15) is 43.2 Å². The van der Waals surface area contributed by atoms with Crippen LogP contribution in [0.2, 0.25) is 0 Å². The number of alkyl halides is 3. The van der Waals surface area contributed by atoms with Crippen LogP contribution in [-0.2, 0) is 39.4 Å². The second-order valence-electron chi connectivity index (χ2n) is 22.8. The Kier molecular flexibility index (Phi) is 24.7. The van der Waals surface area contributed by atoms with E-state index in [1.54, 1.807) is 19.1 Å². The first-order valence-electron chi connectivity index (χ1n) is 27.8. The van der Waals surface area contributed by atoms with Gasteiger partial charge >= 0.3 is 35.7 Å². The van der Waals surface area contributed by atoms with Gasteiger partial charge in [0, 0.05) is 48.4 Å². The fourth-order valence-electron chi connectivity index (χ4n) is 12.6. The molecule has 2 aromatic rings. The first kappa shape index (κ1) is 67.3. The van der Waals surface area contributed by atoms with Crippen LogP contribution < -0.4 is 44.7 Å². The number of Topliss-reactive ketones (excluding diaryl/α,β-unsaturated/α-hetero) is 1. The number of carbonyl (C=O) groups is 2. The van der Waals surface area contributed by atoms with Crippen molar-refractivity contribution in [1.82, 2.24) is 5.32 Å². The summed E-state index contributed by atoms with van der Waals surface area (Å²) in [5, 5.41) is 49.0. The van der Waals surface area contributed by atoms with Gasteiger partial charge in [-0.3, -0.25) is 4.79 Å². The minimum atomic E-state index is -4.33. The van der Waals surface area contributed by atoms with Gasteiger partial charge in [-0.2, -0.15) is 13.2 Å². The standard InChI is InChI=1S/C42H70O11.C17H18F3NO.ClH.Na/c1-11-29(38(46)47)31-15-14-23(4)36(50-31)27(8)34(44)26(7)35(45)30(12-2)37-24(5)22-25(6)41(51-37)19-16-32(43)42(53-41)21-20-39(10,52-42)33-17-18-40(48,13-3)28(9)49-33;1-21-12-11-16(13-5-3-2-4-6-13)22-15-9-7-14(8-10-15)17(18,19)20;;/h16,19,23-34,36-37,43-44,48H,11-15,17-18,20-22H2,1-10H3,(H,46,47);2-10,16,21H,11-12H2,1H3;1H;/q;;;+1/p-1. The summed E-state index contributed by atoms with van der Waals surface area (Å²) in [4.78, 5) is 26.2. The van der Waals surface area contributed by atoms with Gasteiger partial charge in [0.25, 0.3) is 0 Å². The maximum Gasteiger partial charge on any atom is 1.00 e. The fraction of sp³-hybridized carbons (Fsp3) is 0.729. The van der Waals surface area contributed by atoms with Crippen molar-refractivity contribution in [3.05, 3.63) is 77.9 Å². The summed E-state index contributed by atoms with van der Waals surface area (Å²) in [5.41, 5.74) is -1.31. The number of hydrogen-bond donors (Lipinski definition) is 4. The molecule has 0 bridgehead atoms. The van der Waals surface area contributed by atoms with Gasteiger partial charge in [-0.15, -0.1) is 12.4 Å². The van der Waals surface area contributed by atoms with Gasteiger partial charge < -0.3 is 59.0 Å². The minimum absolute atomic E-state index is 0. The molecule has 0 aromatic heterocycles. The summed E-state index contributed by atoms with van der Waals surface area (Å²) in [6.45, 7) is 20.3. The molecule has 19 unspecified atom stereocenters. The Morgan fingerprint density at radius 2 is 1.53 bits per heavy atom. The summed E-state index contributed by atoms with van der Waals surface area (Å²) in [6.07, 6.45) is 1.41. The van der Waals surface area contributed by atoms with E-state index in [-0.39, 0.29) is 83.8 Å². The third kappa shape index (κ3) is 15.3. The number of carboxylic acid groups (broad SMARTS) is 1. The van der Waals surface area contributed by atoms with Crippen LogP contribution in [0.5, 0.6) is 5.75 Å². The number of carbonyl (C=O) groups excluding carboxylic acids is 2. The summed E-state index contributed by atoms with van der Waals surface area (Å²) < 4.78 is 77.0. The van der Waals surface area contributed by atoms with Crippen LogP contribution in [0.4, 0.5) is 13.2 Å². The molecule has 77 heavy (non-hydrogen) atoms. The Balaban J connectivity index is 0.000000447. The maximum atomic E-state index is 14.4. The molecule has 5 aliphatic rings. The minimum Gasteiger partial charge on any atom is -0.550 e. The molecular formula is C59H88ClF3NNaO12. The van der Waals surface area contributed by atoms with E-state index in [0.29, 0.717) is 63.5 Å². The van der Waals surface area contributed by atoms with Crippen molar-refractivity contribution < 1.29 is 101 Å². The van der Waals surface area contributed by atoms with E-state index in [1.165, 1.54) is 12.1 Å². The predicted octanol–water partition coefficient (Wildman–Crippen LogP) is 6.71. The smallest absolute Gasteiger partial charge is 0.550 e. The number of benzene rings is 2. The van der Waals surface area contributed by atoms with Gasteiger partial charge in [-0.05, 0) is 139 Å². The largest absolute Gasteiger partial charge is 1.00 e. The number of aliphatic carboxylic acids is 1. The van der Waals surface area contributed by atoms with E-state index in [0.717, 1.165) is 37.1 Å². The molecule has 7 rings (SSSR count). The van der Waals surface area contributed by atoms with Crippen molar-refractivity contribution >= 4 is 24.2 Å². The van der Waals surface area contributed by atoms with E-state index in [4.69, 9.17) is 28.4 Å². The molecule has 0 radical (unpaired) electrons. The van der Waals surface area contributed by atoms with E-state index in [1.807, 2.05) is 78.9 Å². The van der Waals surface area contributed by atoms with Crippen molar-refractivity contribution in [2.45, 2.75) is 218 Å². The van der Waals surface area contributed by atoms with Crippen molar-refractivity contribution in [2.75, 3.05) is 13.6 Å². The van der Waals surface area contributed by atoms with Gasteiger partial charge in [-0.25, -0.2) is 0 Å². The molecule has 5 aliphatic heterocycles. The molecule has 4 fully saturated rings. The predicted molar refractivity (Wildman–Crippen MR) is 283 cm³/mol. The van der Waals surface area contributed by atoms with Crippen molar-refractivity contribution in [3.63, 3.8) is 0 Å². The molecule has 13 nitrogen and oxygen atoms in total. The molecule has 2 spiro atoms.